The number of carbonyl (C=O) groups is 1. The summed E-state index contributed by atoms with van der Waals surface area (Å²) >= 11 is 0. The molecule has 0 saturated carbocycles. The van der Waals surface area contributed by atoms with Crippen molar-refractivity contribution in [3.8, 4) is 11.5 Å². The zero-order valence-electron chi connectivity index (χ0n) is 24.1. The van der Waals surface area contributed by atoms with Gasteiger partial charge in [0.25, 0.3) is 5.91 Å². The molecule has 9 nitrogen and oxygen atoms in total. The predicted octanol–water partition coefficient (Wildman–Crippen LogP) is 3.07. The summed E-state index contributed by atoms with van der Waals surface area (Å²) in [6.45, 7) is 15.2. The molecule has 0 aliphatic carbocycles. The molecule has 1 saturated heterocycles. The third-order valence-corrected chi connectivity index (χ3v) is 7.23. The van der Waals surface area contributed by atoms with Gasteiger partial charge in [0.1, 0.15) is 23.5 Å². The van der Waals surface area contributed by atoms with Crippen LogP contribution in [0.4, 0.5) is 10.1 Å². The number of benzene rings is 2. The summed E-state index contributed by atoms with van der Waals surface area (Å²) in [7, 11) is 1.53. The van der Waals surface area contributed by atoms with E-state index in [0.29, 0.717) is 17.9 Å². The Morgan fingerprint density at radius 3 is 2.26 bits per heavy atom. The molecule has 2 aromatic rings. The molecule has 1 fully saturated rings. The number of ether oxygens (including phenoxy) is 1. The number of hydrogen-bond acceptors (Lipinski definition) is 8. The van der Waals surface area contributed by atoms with E-state index in [4.69, 9.17) is 16.2 Å². The first-order valence-corrected chi connectivity index (χ1v) is 13.7. The minimum Gasteiger partial charge on any atom is -0.507 e. The number of nitrogens with two attached hydrogens (primary N) is 2. The second kappa shape index (κ2) is 13.4. The van der Waals surface area contributed by atoms with Gasteiger partial charge in [-0.2, -0.15) is 0 Å². The number of phenolic OH excluding ortho intramolecular Hbond substituents is 1. The number of methoxy groups -OCH3 is 1. The molecule has 2 aromatic carbocycles. The average molecular weight is 545 g/mol. The van der Waals surface area contributed by atoms with Crippen LogP contribution >= 0.6 is 0 Å². The zero-order chi connectivity index (χ0) is 28.9. The number of piperazine rings is 1. The number of phenols is 1. The Balaban J connectivity index is 1.98. The molecular weight excluding hydrogens is 499 g/mol. The molecule has 39 heavy (non-hydrogen) atoms. The molecule has 6 N–H and O–H groups in total. The normalized spacial score (nSPS) is 16.4. The van der Waals surface area contributed by atoms with E-state index in [9.17, 15) is 9.90 Å². The van der Waals surface area contributed by atoms with Crippen LogP contribution < -0.4 is 26.4 Å². The van der Waals surface area contributed by atoms with E-state index in [2.05, 4.69) is 22.0 Å². The number of hydrogen-bond donors (Lipinski definition) is 4. The molecule has 1 heterocycles. The van der Waals surface area contributed by atoms with E-state index < -0.39 is 24.1 Å². The second-order valence-corrected chi connectivity index (χ2v) is 10.8. The lowest BCUT2D eigenvalue weighted by Crippen LogP contribution is -2.57. The number of anilines is 1. The van der Waals surface area contributed by atoms with Crippen LogP contribution in [0.3, 0.4) is 0 Å². The molecule has 2 atom stereocenters. The standard InChI is InChI=1S/C29H45FN6O3/c1-7-34-10-12-35(13-11-34)17-20-8-9-24(23(30)14-20)36(28(32)29(38)33-19(4)5)27(31)22-15-21(18(2)3)26(39-6)16-25(22)37/h8-9,14-16,18-19,27-28,37H,7,10-13,17,31-32H2,1-6H3,(H,33,38). The number of rotatable bonds is 11. The maximum absolute atomic E-state index is 15.8. The molecule has 216 valence electrons. The van der Waals surface area contributed by atoms with Crippen molar-refractivity contribution < 1.29 is 19.0 Å². The first-order valence-electron chi connectivity index (χ1n) is 13.7. The number of amides is 1. The molecule has 2 unspecified atom stereocenters. The summed E-state index contributed by atoms with van der Waals surface area (Å²) in [6.07, 6.45) is -2.43. The van der Waals surface area contributed by atoms with Crippen LogP contribution in [0.5, 0.6) is 11.5 Å². The number of halogens is 1. The van der Waals surface area contributed by atoms with Gasteiger partial charge in [-0.1, -0.05) is 26.8 Å². The van der Waals surface area contributed by atoms with Crippen LogP contribution in [0, 0.1) is 5.82 Å². The summed E-state index contributed by atoms with van der Waals surface area (Å²) in [5.41, 5.74) is 15.1. The van der Waals surface area contributed by atoms with Crippen molar-refractivity contribution in [2.75, 3.05) is 44.7 Å². The fourth-order valence-electron chi connectivity index (χ4n) is 4.97. The van der Waals surface area contributed by atoms with Gasteiger partial charge in [0.15, 0.2) is 6.17 Å². The molecule has 0 spiro atoms. The van der Waals surface area contributed by atoms with Crippen molar-refractivity contribution >= 4 is 11.6 Å². The minimum absolute atomic E-state index is 0.0630. The molecular formula is C29H45FN6O3. The van der Waals surface area contributed by atoms with Crippen LogP contribution in [0.25, 0.3) is 0 Å². The topological polar surface area (TPSA) is 120 Å². The monoisotopic (exact) mass is 544 g/mol. The quantitative estimate of drug-likeness (QED) is 0.319. The number of likely N-dealkylation sites (N-methyl/N-ethyl adjacent to an activating group) is 1. The molecule has 0 radical (unpaired) electrons. The van der Waals surface area contributed by atoms with Gasteiger partial charge in [0, 0.05) is 50.4 Å². The van der Waals surface area contributed by atoms with Gasteiger partial charge in [-0.05, 0) is 55.6 Å². The third-order valence-electron chi connectivity index (χ3n) is 7.23. The van der Waals surface area contributed by atoms with E-state index in [-0.39, 0.29) is 23.4 Å². The lowest BCUT2D eigenvalue weighted by molar-refractivity contribution is -0.123. The highest BCUT2D eigenvalue weighted by molar-refractivity contribution is 5.85. The van der Waals surface area contributed by atoms with Crippen molar-refractivity contribution in [3.63, 3.8) is 0 Å². The Hall–Kier alpha value is -2.92. The minimum atomic E-state index is -1.31. The largest absolute Gasteiger partial charge is 0.507 e. The van der Waals surface area contributed by atoms with E-state index in [1.807, 2.05) is 33.8 Å². The first kappa shape index (κ1) is 30.6. The highest BCUT2D eigenvalue weighted by Gasteiger charge is 2.32. The average Bonchev–Trinajstić information content (AvgIpc) is 2.89. The lowest BCUT2D eigenvalue weighted by atomic mass is 9.97. The van der Waals surface area contributed by atoms with Gasteiger partial charge in [0.2, 0.25) is 0 Å². The Labute approximate surface area is 231 Å². The van der Waals surface area contributed by atoms with Gasteiger partial charge in [-0.25, -0.2) is 4.39 Å². The predicted molar refractivity (Wildman–Crippen MR) is 153 cm³/mol. The Morgan fingerprint density at radius 2 is 1.72 bits per heavy atom. The SMILES string of the molecule is CCN1CCN(Cc2ccc(N(C(N)C(=O)NC(C)C)C(N)c3cc(C(C)C)c(OC)cc3O)c(F)c2)CC1. The van der Waals surface area contributed by atoms with E-state index in [1.54, 1.807) is 12.1 Å². The number of nitrogens with one attached hydrogen (secondary N) is 1. The van der Waals surface area contributed by atoms with Gasteiger partial charge in [0.05, 0.1) is 12.8 Å². The maximum Gasteiger partial charge on any atom is 0.257 e. The van der Waals surface area contributed by atoms with Gasteiger partial charge < -0.3 is 36.4 Å². The summed E-state index contributed by atoms with van der Waals surface area (Å²) in [4.78, 5) is 19.0. The number of carbonyl (C=O) groups excluding carboxylic acids is 1. The Morgan fingerprint density at radius 1 is 1.08 bits per heavy atom. The van der Waals surface area contributed by atoms with Crippen LogP contribution in [0.1, 0.15) is 63.4 Å². The van der Waals surface area contributed by atoms with Crippen molar-refractivity contribution in [3.05, 3.63) is 52.8 Å². The highest BCUT2D eigenvalue weighted by atomic mass is 19.1. The molecule has 3 rings (SSSR count). The van der Waals surface area contributed by atoms with Crippen LogP contribution in [0.2, 0.25) is 0 Å². The first-order chi connectivity index (χ1) is 18.5. The van der Waals surface area contributed by atoms with Crippen molar-refractivity contribution in [2.45, 2.75) is 65.5 Å². The van der Waals surface area contributed by atoms with E-state index in [0.717, 1.165) is 43.9 Å². The van der Waals surface area contributed by atoms with Crippen molar-refractivity contribution in [2.24, 2.45) is 11.5 Å². The van der Waals surface area contributed by atoms with Gasteiger partial charge in [-0.3, -0.25) is 9.69 Å². The summed E-state index contributed by atoms with van der Waals surface area (Å²) in [5, 5.41) is 13.6. The third kappa shape index (κ3) is 7.39. The van der Waals surface area contributed by atoms with Crippen LogP contribution in [0.15, 0.2) is 30.3 Å². The van der Waals surface area contributed by atoms with E-state index >= 15 is 4.39 Å². The Kier molecular flexibility index (Phi) is 10.5. The molecule has 0 bridgehead atoms. The Bertz CT molecular complexity index is 1120. The van der Waals surface area contributed by atoms with Crippen LogP contribution in [-0.4, -0.2) is 72.9 Å². The van der Waals surface area contributed by atoms with Crippen molar-refractivity contribution in [1.29, 1.82) is 0 Å². The molecule has 1 aliphatic rings. The lowest BCUT2D eigenvalue weighted by Gasteiger charge is -2.37. The fraction of sp³-hybridized carbons (Fsp3) is 0.552. The van der Waals surface area contributed by atoms with Crippen molar-refractivity contribution in [1.82, 2.24) is 15.1 Å². The molecule has 1 amide bonds. The van der Waals surface area contributed by atoms with Crippen LogP contribution in [-0.2, 0) is 11.3 Å². The molecule has 10 heteroatoms. The van der Waals surface area contributed by atoms with E-state index in [1.165, 1.54) is 24.1 Å². The second-order valence-electron chi connectivity index (χ2n) is 10.8. The summed E-state index contributed by atoms with van der Waals surface area (Å²) in [5.74, 6) is -0.599. The smallest absolute Gasteiger partial charge is 0.257 e. The molecule has 1 aliphatic heterocycles. The molecule has 0 aromatic heterocycles. The summed E-state index contributed by atoms with van der Waals surface area (Å²) in [6, 6.07) is 7.96. The summed E-state index contributed by atoms with van der Waals surface area (Å²) < 4.78 is 21.2. The maximum atomic E-state index is 15.8. The number of nitrogens with zero attached hydrogens (tertiary/aromatic N) is 3. The fourth-order valence-corrected chi connectivity index (χ4v) is 4.97. The zero-order valence-corrected chi connectivity index (χ0v) is 24.1. The number of aromatic hydroxyl groups is 1. The van der Waals surface area contributed by atoms with Gasteiger partial charge in [-0.15, -0.1) is 0 Å². The van der Waals surface area contributed by atoms with Gasteiger partial charge >= 0.3 is 0 Å². The highest BCUT2D eigenvalue weighted by Crippen LogP contribution is 2.38.